The third-order valence-corrected chi connectivity index (χ3v) is 5.66. The Morgan fingerprint density at radius 2 is 1.91 bits per heavy atom. The first-order chi connectivity index (χ1) is 15.9. The summed E-state index contributed by atoms with van der Waals surface area (Å²) in [7, 11) is 0. The lowest BCUT2D eigenvalue weighted by Crippen LogP contribution is -2.41. The van der Waals surface area contributed by atoms with E-state index in [0.29, 0.717) is 48.2 Å². The van der Waals surface area contributed by atoms with E-state index in [4.69, 9.17) is 16.1 Å². The average Bonchev–Trinajstić information content (AvgIpc) is 3.40. The van der Waals surface area contributed by atoms with Gasteiger partial charge in [0.25, 0.3) is 11.4 Å². The minimum atomic E-state index is -0.787. The maximum absolute atomic E-state index is 13.9. The first-order valence-electron chi connectivity index (χ1n) is 10.8. The number of hydrogen-bond donors (Lipinski definition) is 0. The highest BCUT2D eigenvalue weighted by atomic mass is 35.5. The minimum Gasteiger partial charge on any atom is -0.334 e. The Labute approximate surface area is 192 Å². The van der Waals surface area contributed by atoms with Crippen molar-refractivity contribution < 1.29 is 13.3 Å². The monoisotopic (exact) mass is 477 g/mol. The van der Waals surface area contributed by atoms with Crippen LogP contribution in [-0.4, -0.2) is 24.4 Å². The van der Waals surface area contributed by atoms with Gasteiger partial charge in [0.15, 0.2) is 5.82 Å². The molecule has 11 heteroatoms. The van der Waals surface area contributed by atoms with Gasteiger partial charge >= 0.3 is 5.69 Å². The van der Waals surface area contributed by atoms with Crippen molar-refractivity contribution in [2.45, 2.75) is 58.5 Å². The molecule has 0 bridgehead atoms. The molecule has 0 unspecified atom stereocenters. The van der Waals surface area contributed by atoms with E-state index >= 15 is 0 Å². The molecule has 2 aromatic heterocycles. The summed E-state index contributed by atoms with van der Waals surface area (Å²) in [5.74, 6) is -0.791. The zero-order valence-electron chi connectivity index (χ0n) is 18.0. The lowest BCUT2D eigenvalue weighted by atomic mass is 10.2. The molecule has 0 saturated carbocycles. The SMILES string of the molecule is CCCCn1c2c(c(=O)n(CCCCc3noc(-c4ccc(F)cc4F)n3)c1=O)CC(Cl)=N2. The summed E-state index contributed by atoms with van der Waals surface area (Å²) in [5, 5.41) is 4.13. The van der Waals surface area contributed by atoms with Gasteiger partial charge in [0.2, 0.25) is 0 Å². The Kier molecular flexibility index (Phi) is 6.83. The van der Waals surface area contributed by atoms with Crippen molar-refractivity contribution in [1.82, 2.24) is 19.3 Å². The molecule has 1 aromatic carbocycles. The molecule has 0 atom stereocenters. The van der Waals surface area contributed by atoms with E-state index < -0.39 is 17.3 Å². The number of aryl methyl sites for hydroxylation is 1. The van der Waals surface area contributed by atoms with E-state index in [9.17, 15) is 18.4 Å². The minimum absolute atomic E-state index is 0.0216. The van der Waals surface area contributed by atoms with Crippen LogP contribution in [0, 0.1) is 11.6 Å². The molecule has 3 heterocycles. The first-order valence-corrected chi connectivity index (χ1v) is 11.1. The Morgan fingerprint density at radius 3 is 2.67 bits per heavy atom. The van der Waals surface area contributed by atoms with Crippen LogP contribution in [-0.2, 0) is 25.9 Å². The van der Waals surface area contributed by atoms with Gasteiger partial charge in [-0.25, -0.2) is 18.6 Å². The fourth-order valence-electron chi connectivity index (χ4n) is 3.72. The third kappa shape index (κ3) is 4.80. The van der Waals surface area contributed by atoms with E-state index in [1.807, 2.05) is 6.92 Å². The Bertz CT molecular complexity index is 1330. The second-order valence-electron chi connectivity index (χ2n) is 7.81. The molecule has 0 spiro atoms. The third-order valence-electron chi connectivity index (χ3n) is 5.44. The van der Waals surface area contributed by atoms with Gasteiger partial charge in [-0.05, 0) is 31.4 Å². The lowest BCUT2D eigenvalue weighted by Gasteiger charge is -2.13. The van der Waals surface area contributed by atoms with Gasteiger partial charge in [-0.2, -0.15) is 4.98 Å². The standard InChI is InChI=1S/C22H22ClF2N5O3/c1-2-3-9-29-19-15(12-17(23)26-19)21(31)30(22(29)32)10-5-4-6-18-27-20(33-28-18)14-8-7-13(24)11-16(14)25/h7-8,11H,2-6,9-10,12H2,1H3. The summed E-state index contributed by atoms with van der Waals surface area (Å²) in [4.78, 5) is 34.2. The number of rotatable bonds is 9. The van der Waals surface area contributed by atoms with Gasteiger partial charge in [-0.15, -0.1) is 0 Å². The highest BCUT2D eigenvalue weighted by Gasteiger charge is 2.24. The highest BCUT2D eigenvalue weighted by molar-refractivity contribution is 6.66. The van der Waals surface area contributed by atoms with Gasteiger partial charge in [0.05, 0.1) is 11.1 Å². The van der Waals surface area contributed by atoms with Gasteiger partial charge in [-0.1, -0.05) is 30.1 Å². The lowest BCUT2D eigenvalue weighted by molar-refractivity contribution is 0.418. The van der Waals surface area contributed by atoms with Crippen LogP contribution >= 0.6 is 11.6 Å². The molecule has 0 N–H and O–H groups in total. The predicted molar refractivity (Wildman–Crippen MR) is 119 cm³/mol. The van der Waals surface area contributed by atoms with Crippen molar-refractivity contribution in [3.8, 4) is 11.5 Å². The molecule has 0 fully saturated rings. The van der Waals surface area contributed by atoms with Crippen LogP contribution in [0.2, 0.25) is 0 Å². The summed E-state index contributed by atoms with van der Waals surface area (Å²) in [6, 6.07) is 3.10. The molecule has 33 heavy (non-hydrogen) atoms. The molecule has 0 saturated heterocycles. The normalized spacial score (nSPS) is 12.8. The number of aliphatic imine (C=N–C) groups is 1. The largest absolute Gasteiger partial charge is 0.334 e. The van der Waals surface area contributed by atoms with E-state index in [2.05, 4.69) is 15.1 Å². The molecule has 1 aliphatic heterocycles. The number of halogens is 3. The average molecular weight is 478 g/mol. The molecule has 0 radical (unpaired) electrons. The summed E-state index contributed by atoms with van der Waals surface area (Å²) in [6.07, 6.45) is 3.41. The number of fused-ring (bicyclic) bond motifs is 1. The molecule has 0 aliphatic carbocycles. The second-order valence-corrected chi connectivity index (χ2v) is 8.24. The molecule has 1 aliphatic rings. The van der Waals surface area contributed by atoms with Crippen LogP contribution in [0.3, 0.4) is 0 Å². The van der Waals surface area contributed by atoms with Crippen molar-refractivity contribution in [2.24, 2.45) is 4.99 Å². The van der Waals surface area contributed by atoms with Crippen LogP contribution in [0.1, 0.15) is 44.0 Å². The number of benzene rings is 1. The van der Waals surface area contributed by atoms with E-state index in [1.54, 1.807) is 0 Å². The van der Waals surface area contributed by atoms with Crippen molar-refractivity contribution in [3.63, 3.8) is 0 Å². The zero-order chi connectivity index (χ0) is 23.5. The Hall–Kier alpha value is -3.14. The van der Waals surface area contributed by atoms with Gasteiger partial charge in [-0.3, -0.25) is 13.9 Å². The molecular formula is C22H22ClF2N5O3. The summed E-state index contributed by atoms with van der Waals surface area (Å²) >= 11 is 6.04. The van der Waals surface area contributed by atoms with Crippen molar-refractivity contribution >= 4 is 22.6 Å². The van der Waals surface area contributed by atoms with Crippen LogP contribution in [0.15, 0.2) is 37.3 Å². The van der Waals surface area contributed by atoms with E-state index in [0.717, 1.165) is 25.0 Å². The Balaban J connectivity index is 1.44. The van der Waals surface area contributed by atoms with Gasteiger partial charge in [0.1, 0.15) is 22.6 Å². The van der Waals surface area contributed by atoms with Crippen LogP contribution in [0.5, 0.6) is 0 Å². The maximum Gasteiger partial charge on any atom is 0.332 e. The molecular weight excluding hydrogens is 456 g/mol. The maximum atomic E-state index is 13.9. The summed E-state index contributed by atoms with van der Waals surface area (Å²) in [6.45, 7) is 2.72. The molecule has 0 amide bonds. The zero-order valence-corrected chi connectivity index (χ0v) is 18.7. The molecule has 174 valence electrons. The number of unbranched alkanes of at least 4 members (excludes halogenated alkanes) is 2. The van der Waals surface area contributed by atoms with E-state index in [-0.39, 0.29) is 30.0 Å². The van der Waals surface area contributed by atoms with Crippen molar-refractivity contribution in [1.29, 1.82) is 0 Å². The van der Waals surface area contributed by atoms with E-state index in [1.165, 1.54) is 15.2 Å². The molecule has 3 aromatic rings. The van der Waals surface area contributed by atoms with Crippen molar-refractivity contribution in [3.05, 3.63) is 62.1 Å². The first kappa shape index (κ1) is 23.0. The highest BCUT2D eigenvalue weighted by Crippen LogP contribution is 2.24. The fourth-order valence-corrected chi connectivity index (χ4v) is 3.94. The molecule has 4 rings (SSSR count). The van der Waals surface area contributed by atoms with Crippen LogP contribution < -0.4 is 11.2 Å². The van der Waals surface area contributed by atoms with Crippen LogP contribution in [0.25, 0.3) is 11.5 Å². The topological polar surface area (TPSA) is 95.3 Å². The smallest absolute Gasteiger partial charge is 0.332 e. The second kappa shape index (κ2) is 9.78. The van der Waals surface area contributed by atoms with Crippen molar-refractivity contribution in [2.75, 3.05) is 0 Å². The Morgan fingerprint density at radius 1 is 1.12 bits per heavy atom. The fraction of sp³-hybridized carbons (Fsp3) is 0.409. The summed E-state index contributed by atoms with van der Waals surface area (Å²) < 4.78 is 34.8. The molecule has 8 nitrogen and oxygen atoms in total. The summed E-state index contributed by atoms with van der Waals surface area (Å²) in [5.41, 5.74) is -0.292. The van der Waals surface area contributed by atoms with Crippen LogP contribution in [0.4, 0.5) is 14.6 Å². The number of hydrogen-bond acceptors (Lipinski definition) is 6. The quantitative estimate of drug-likeness (QED) is 0.434. The van der Waals surface area contributed by atoms with Gasteiger partial charge < -0.3 is 4.52 Å². The van der Waals surface area contributed by atoms with Gasteiger partial charge in [0, 0.05) is 32.0 Å². The number of aromatic nitrogens is 4. The number of nitrogens with zero attached hydrogens (tertiary/aromatic N) is 5. The predicted octanol–water partition coefficient (Wildman–Crippen LogP) is 3.99.